The zero-order valence-electron chi connectivity index (χ0n) is 10.6. The van der Waals surface area contributed by atoms with E-state index in [4.69, 9.17) is 5.11 Å². The number of hydrogen-bond donors (Lipinski definition) is 2. The van der Waals surface area contributed by atoms with Gasteiger partial charge in [0, 0.05) is 35.0 Å². The molecule has 0 saturated carbocycles. The van der Waals surface area contributed by atoms with Gasteiger partial charge in [-0.05, 0) is 41.1 Å². The average molecular weight is 324 g/mol. The standard InChI is InChI=1S/C13H14BrN3O2/c1-8-10(7-16-17(8)2)6-15-12-4-3-9(13(18)19)5-11(12)14/h3-5,7,15H,6H2,1-2H3,(H,18,19). The van der Waals surface area contributed by atoms with Crippen LogP contribution in [0.1, 0.15) is 21.6 Å². The first-order chi connectivity index (χ1) is 8.99. The molecule has 0 saturated heterocycles. The van der Waals surface area contributed by atoms with E-state index in [0.717, 1.165) is 21.4 Å². The summed E-state index contributed by atoms with van der Waals surface area (Å²) in [4.78, 5) is 10.8. The highest BCUT2D eigenvalue weighted by molar-refractivity contribution is 9.10. The van der Waals surface area contributed by atoms with E-state index >= 15 is 0 Å². The van der Waals surface area contributed by atoms with Crippen LogP contribution in [0.3, 0.4) is 0 Å². The van der Waals surface area contributed by atoms with Crippen LogP contribution >= 0.6 is 15.9 Å². The molecule has 19 heavy (non-hydrogen) atoms. The van der Waals surface area contributed by atoms with Gasteiger partial charge in [0.2, 0.25) is 0 Å². The van der Waals surface area contributed by atoms with Crippen LogP contribution in [0.4, 0.5) is 5.69 Å². The van der Waals surface area contributed by atoms with Gasteiger partial charge >= 0.3 is 5.97 Å². The Morgan fingerprint density at radius 1 is 1.53 bits per heavy atom. The monoisotopic (exact) mass is 323 g/mol. The van der Waals surface area contributed by atoms with Gasteiger partial charge in [0.25, 0.3) is 0 Å². The van der Waals surface area contributed by atoms with Crippen molar-refractivity contribution < 1.29 is 9.90 Å². The third-order valence-electron chi connectivity index (χ3n) is 3.02. The number of aromatic carboxylic acids is 1. The summed E-state index contributed by atoms with van der Waals surface area (Å²) in [6.07, 6.45) is 1.82. The second kappa shape index (κ2) is 5.44. The van der Waals surface area contributed by atoms with Crippen LogP contribution in [0, 0.1) is 6.92 Å². The number of hydrogen-bond acceptors (Lipinski definition) is 3. The number of carboxylic acid groups (broad SMARTS) is 1. The van der Waals surface area contributed by atoms with Gasteiger partial charge in [-0.15, -0.1) is 0 Å². The Morgan fingerprint density at radius 3 is 2.79 bits per heavy atom. The van der Waals surface area contributed by atoms with E-state index in [-0.39, 0.29) is 5.56 Å². The molecule has 0 radical (unpaired) electrons. The fraction of sp³-hybridized carbons (Fsp3) is 0.231. The van der Waals surface area contributed by atoms with Crippen LogP contribution in [0.2, 0.25) is 0 Å². The summed E-state index contributed by atoms with van der Waals surface area (Å²) >= 11 is 3.37. The molecule has 2 N–H and O–H groups in total. The minimum absolute atomic E-state index is 0.259. The number of benzene rings is 1. The van der Waals surface area contributed by atoms with Crippen LogP contribution in [0.15, 0.2) is 28.9 Å². The largest absolute Gasteiger partial charge is 0.478 e. The predicted molar refractivity (Wildman–Crippen MR) is 76.4 cm³/mol. The zero-order valence-corrected chi connectivity index (χ0v) is 12.2. The van der Waals surface area contributed by atoms with E-state index < -0.39 is 5.97 Å². The fourth-order valence-electron chi connectivity index (χ4n) is 1.70. The summed E-state index contributed by atoms with van der Waals surface area (Å²) in [5.41, 5.74) is 3.32. The molecule has 1 heterocycles. The van der Waals surface area contributed by atoms with Crippen LogP contribution in [0.5, 0.6) is 0 Å². The van der Waals surface area contributed by atoms with E-state index in [2.05, 4.69) is 26.3 Å². The summed E-state index contributed by atoms with van der Waals surface area (Å²) in [6.45, 7) is 2.65. The summed E-state index contributed by atoms with van der Waals surface area (Å²) in [6, 6.07) is 4.91. The number of aryl methyl sites for hydroxylation is 1. The van der Waals surface area contributed by atoms with Gasteiger partial charge in [0.15, 0.2) is 0 Å². The van der Waals surface area contributed by atoms with Crippen molar-refractivity contribution >= 4 is 27.6 Å². The minimum atomic E-state index is -0.935. The third kappa shape index (κ3) is 2.96. The maximum Gasteiger partial charge on any atom is 0.335 e. The van der Waals surface area contributed by atoms with Crippen molar-refractivity contribution in [1.29, 1.82) is 0 Å². The first kappa shape index (κ1) is 13.6. The minimum Gasteiger partial charge on any atom is -0.478 e. The smallest absolute Gasteiger partial charge is 0.335 e. The molecule has 0 aliphatic heterocycles. The molecule has 2 aromatic rings. The molecule has 0 spiro atoms. The number of nitrogens with one attached hydrogen (secondary N) is 1. The number of anilines is 1. The molecule has 1 aromatic carbocycles. The molecule has 0 bridgehead atoms. The first-order valence-corrected chi connectivity index (χ1v) is 6.52. The van der Waals surface area contributed by atoms with E-state index in [0.29, 0.717) is 6.54 Å². The number of carbonyl (C=O) groups is 1. The van der Waals surface area contributed by atoms with Crippen molar-refractivity contribution in [3.8, 4) is 0 Å². The first-order valence-electron chi connectivity index (χ1n) is 5.73. The topological polar surface area (TPSA) is 67.2 Å². The molecule has 0 amide bonds. The number of carboxylic acids is 1. The van der Waals surface area contributed by atoms with Crippen molar-refractivity contribution in [2.45, 2.75) is 13.5 Å². The van der Waals surface area contributed by atoms with Gasteiger partial charge in [0.05, 0.1) is 11.8 Å². The van der Waals surface area contributed by atoms with Gasteiger partial charge in [-0.3, -0.25) is 4.68 Å². The molecular formula is C13H14BrN3O2. The van der Waals surface area contributed by atoms with E-state index in [1.165, 1.54) is 0 Å². The molecule has 100 valence electrons. The van der Waals surface area contributed by atoms with Gasteiger partial charge in [-0.1, -0.05) is 0 Å². The molecule has 6 heteroatoms. The highest BCUT2D eigenvalue weighted by Crippen LogP contribution is 2.24. The SMILES string of the molecule is Cc1c(CNc2ccc(C(=O)O)cc2Br)cnn1C. The number of halogens is 1. The van der Waals surface area contributed by atoms with Crippen LogP contribution < -0.4 is 5.32 Å². The van der Waals surface area contributed by atoms with E-state index in [1.807, 2.05) is 24.9 Å². The second-order valence-electron chi connectivity index (χ2n) is 4.23. The molecule has 0 atom stereocenters. The molecule has 1 aromatic heterocycles. The van der Waals surface area contributed by atoms with Crippen molar-refractivity contribution in [3.05, 3.63) is 45.7 Å². The Bertz CT molecular complexity index is 622. The molecule has 2 rings (SSSR count). The Hall–Kier alpha value is -1.82. The number of rotatable bonds is 4. The van der Waals surface area contributed by atoms with Crippen LogP contribution in [-0.4, -0.2) is 20.9 Å². The van der Waals surface area contributed by atoms with Crippen LogP contribution in [0.25, 0.3) is 0 Å². The maximum atomic E-state index is 10.8. The lowest BCUT2D eigenvalue weighted by Crippen LogP contribution is -2.03. The zero-order chi connectivity index (χ0) is 14.0. The number of aromatic nitrogens is 2. The summed E-state index contributed by atoms with van der Waals surface area (Å²) in [5, 5.41) is 16.3. The van der Waals surface area contributed by atoms with Gasteiger partial charge < -0.3 is 10.4 Å². The lowest BCUT2D eigenvalue weighted by molar-refractivity contribution is 0.0697. The highest BCUT2D eigenvalue weighted by Gasteiger charge is 2.08. The Morgan fingerprint density at radius 2 is 2.26 bits per heavy atom. The molecule has 5 nitrogen and oxygen atoms in total. The van der Waals surface area contributed by atoms with Crippen molar-refractivity contribution in [1.82, 2.24) is 9.78 Å². The highest BCUT2D eigenvalue weighted by atomic mass is 79.9. The predicted octanol–water partition coefficient (Wildman–Crippen LogP) is 2.80. The molecule has 0 unspecified atom stereocenters. The van der Waals surface area contributed by atoms with Crippen molar-refractivity contribution in [3.63, 3.8) is 0 Å². The van der Waals surface area contributed by atoms with Gasteiger partial charge in [0.1, 0.15) is 0 Å². The maximum absolute atomic E-state index is 10.8. The quantitative estimate of drug-likeness (QED) is 0.907. The van der Waals surface area contributed by atoms with Gasteiger partial charge in [-0.25, -0.2) is 4.79 Å². The summed E-state index contributed by atoms with van der Waals surface area (Å²) in [7, 11) is 1.90. The molecule has 0 aliphatic carbocycles. The lowest BCUT2D eigenvalue weighted by atomic mass is 10.2. The Labute approximate surface area is 119 Å². The van der Waals surface area contributed by atoms with Crippen molar-refractivity contribution in [2.75, 3.05) is 5.32 Å². The lowest BCUT2D eigenvalue weighted by Gasteiger charge is -2.09. The summed E-state index contributed by atoms with van der Waals surface area (Å²) < 4.78 is 2.55. The fourth-order valence-corrected chi connectivity index (χ4v) is 2.22. The van der Waals surface area contributed by atoms with Crippen molar-refractivity contribution in [2.24, 2.45) is 7.05 Å². The average Bonchev–Trinajstić information content (AvgIpc) is 2.68. The molecular weight excluding hydrogens is 310 g/mol. The Kier molecular flexibility index (Phi) is 3.90. The molecule has 0 fully saturated rings. The van der Waals surface area contributed by atoms with Gasteiger partial charge in [-0.2, -0.15) is 5.10 Å². The molecule has 0 aliphatic rings. The summed E-state index contributed by atoms with van der Waals surface area (Å²) in [5.74, 6) is -0.935. The second-order valence-corrected chi connectivity index (χ2v) is 5.09. The van der Waals surface area contributed by atoms with Crippen LogP contribution in [-0.2, 0) is 13.6 Å². The number of nitrogens with zero attached hydrogens (tertiary/aromatic N) is 2. The van der Waals surface area contributed by atoms with E-state index in [9.17, 15) is 4.79 Å². The third-order valence-corrected chi connectivity index (χ3v) is 3.68. The van der Waals surface area contributed by atoms with E-state index in [1.54, 1.807) is 18.2 Å². The normalized spacial score (nSPS) is 10.5. The Balaban J connectivity index is 2.12.